The van der Waals surface area contributed by atoms with Crippen molar-refractivity contribution in [1.82, 2.24) is 0 Å². The number of esters is 2. The van der Waals surface area contributed by atoms with E-state index >= 15 is 0 Å². The number of benzene rings is 1. The summed E-state index contributed by atoms with van der Waals surface area (Å²) in [6, 6.07) is 5.92. The molecule has 1 rings (SSSR count). The third kappa shape index (κ3) is 7.20. The summed E-state index contributed by atoms with van der Waals surface area (Å²) in [7, 11) is 0. The standard InChI is InChI=1S/C19H24O6/c1-12(2)10-24-18(22)16(19(23)25-11-13(3)4)9-14-6-5-7-15(8-14)17(20)21/h5-9,12-13H,10-11H2,1-4H3,(H,20,21). The minimum Gasteiger partial charge on any atom is -0.478 e. The van der Waals surface area contributed by atoms with Gasteiger partial charge < -0.3 is 14.6 Å². The highest BCUT2D eigenvalue weighted by Gasteiger charge is 2.22. The van der Waals surface area contributed by atoms with E-state index in [1.54, 1.807) is 6.07 Å². The van der Waals surface area contributed by atoms with Gasteiger partial charge in [0.25, 0.3) is 0 Å². The first-order valence-electron chi connectivity index (χ1n) is 8.10. The van der Waals surface area contributed by atoms with Crippen molar-refractivity contribution in [2.24, 2.45) is 11.8 Å². The van der Waals surface area contributed by atoms with Crippen LogP contribution in [-0.4, -0.2) is 36.2 Å². The van der Waals surface area contributed by atoms with E-state index in [1.165, 1.54) is 24.3 Å². The van der Waals surface area contributed by atoms with Gasteiger partial charge in [0.1, 0.15) is 5.57 Å². The van der Waals surface area contributed by atoms with Crippen molar-refractivity contribution in [3.8, 4) is 0 Å². The average Bonchev–Trinajstić information content (AvgIpc) is 2.55. The van der Waals surface area contributed by atoms with E-state index in [0.29, 0.717) is 5.56 Å². The van der Waals surface area contributed by atoms with Crippen LogP contribution in [0.25, 0.3) is 6.08 Å². The summed E-state index contributed by atoms with van der Waals surface area (Å²) < 4.78 is 10.2. The molecule has 0 heterocycles. The van der Waals surface area contributed by atoms with Gasteiger partial charge >= 0.3 is 17.9 Å². The van der Waals surface area contributed by atoms with Crippen molar-refractivity contribution in [3.63, 3.8) is 0 Å². The normalized spacial score (nSPS) is 10.5. The lowest BCUT2D eigenvalue weighted by molar-refractivity contribution is -0.148. The number of rotatable bonds is 8. The van der Waals surface area contributed by atoms with Crippen LogP contribution >= 0.6 is 0 Å². The fraction of sp³-hybridized carbons (Fsp3) is 0.421. The van der Waals surface area contributed by atoms with Gasteiger partial charge in [-0.15, -0.1) is 0 Å². The molecule has 136 valence electrons. The number of aromatic carboxylic acids is 1. The van der Waals surface area contributed by atoms with Gasteiger partial charge in [0.15, 0.2) is 0 Å². The zero-order chi connectivity index (χ0) is 19.0. The van der Waals surface area contributed by atoms with E-state index in [2.05, 4.69) is 0 Å². The zero-order valence-electron chi connectivity index (χ0n) is 14.9. The molecule has 0 saturated heterocycles. The van der Waals surface area contributed by atoms with Crippen molar-refractivity contribution < 1.29 is 29.0 Å². The first-order valence-corrected chi connectivity index (χ1v) is 8.10. The van der Waals surface area contributed by atoms with E-state index in [-0.39, 0.29) is 36.2 Å². The summed E-state index contributed by atoms with van der Waals surface area (Å²) in [5, 5.41) is 9.05. The van der Waals surface area contributed by atoms with Crippen LogP contribution in [0.3, 0.4) is 0 Å². The number of hydrogen-bond donors (Lipinski definition) is 1. The second-order valence-electron chi connectivity index (χ2n) is 6.47. The smallest absolute Gasteiger partial charge is 0.345 e. The predicted molar refractivity (Wildman–Crippen MR) is 93.0 cm³/mol. The molecule has 0 fully saturated rings. The molecule has 0 saturated carbocycles. The summed E-state index contributed by atoms with van der Waals surface area (Å²) >= 11 is 0. The second-order valence-corrected chi connectivity index (χ2v) is 6.47. The molecule has 0 radical (unpaired) electrons. The van der Waals surface area contributed by atoms with E-state index < -0.39 is 17.9 Å². The van der Waals surface area contributed by atoms with Crippen LogP contribution in [0.4, 0.5) is 0 Å². The molecule has 0 aromatic heterocycles. The number of carbonyl (C=O) groups excluding carboxylic acids is 2. The quantitative estimate of drug-likeness (QED) is 0.336. The Bertz CT molecular complexity index is 632. The lowest BCUT2D eigenvalue weighted by Gasteiger charge is -2.11. The molecule has 0 bridgehead atoms. The first-order chi connectivity index (χ1) is 11.7. The molecule has 0 aliphatic rings. The SMILES string of the molecule is CC(C)COC(=O)C(=Cc1cccc(C(=O)O)c1)C(=O)OCC(C)C. The van der Waals surface area contributed by atoms with Crippen molar-refractivity contribution >= 4 is 24.0 Å². The van der Waals surface area contributed by atoms with Crippen LogP contribution in [0, 0.1) is 11.8 Å². The van der Waals surface area contributed by atoms with Gasteiger partial charge in [-0.3, -0.25) is 0 Å². The van der Waals surface area contributed by atoms with Crippen LogP contribution < -0.4 is 0 Å². The molecule has 1 aromatic carbocycles. The lowest BCUT2D eigenvalue weighted by atomic mass is 10.1. The average molecular weight is 348 g/mol. The van der Waals surface area contributed by atoms with E-state index in [0.717, 1.165) is 0 Å². The fourth-order valence-electron chi connectivity index (χ4n) is 1.77. The highest BCUT2D eigenvalue weighted by molar-refractivity contribution is 6.17. The Hall–Kier alpha value is -2.63. The second kappa shape index (κ2) is 9.61. The monoisotopic (exact) mass is 348 g/mol. The number of carboxylic acid groups (broad SMARTS) is 1. The summed E-state index contributed by atoms with van der Waals surface area (Å²) in [6.45, 7) is 7.86. The first kappa shape index (κ1) is 20.4. The summed E-state index contributed by atoms with van der Waals surface area (Å²) in [4.78, 5) is 35.6. The largest absolute Gasteiger partial charge is 0.478 e. The van der Waals surface area contributed by atoms with E-state index in [1.807, 2.05) is 27.7 Å². The van der Waals surface area contributed by atoms with Gasteiger partial charge in [-0.05, 0) is 35.6 Å². The Labute approximate surface area is 147 Å². The highest BCUT2D eigenvalue weighted by atomic mass is 16.6. The van der Waals surface area contributed by atoms with Crippen molar-refractivity contribution in [1.29, 1.82) is 0 Å². The Balaban J connectivity index is 3.11. The molecular formula is C19H24O6. The fourth-order valence-corrected chi connectivity index (χ4v) is 1.77. The summed E-state index contributed by atoms with van der Waals surface area (Å²) in [6.07, 6.45) is 1.29. The number of carboxylic acids is 1. The summed E-state index contributed by atoms with van der Waals surface area (Å²) in [5.41, 5.74) is 0.195. The van der Waals surface area contributed by atoms with Crippen LogP contribution in [0.1, 0.15) is 43.6 Å². The minimum absolute atomic E-state index is 0.0548. The molecule has 0 spiro atoms. The van der Waals surface area contributed by atoms with Gasteiger partial charge in [-0.2, -0.15) is 0 Å². The van der Waals surface area contributed by atoms with E-state index in [4.69, 9.17) is 14.6 Å². The van der Waals surface area contributed by atoms with Crippen molar-refractivity contribution in [2.75, 3.05) is 13.2 Å². The van der Waals surface area contributed by atoms with Gasteiger partial charge in [0.05, 0.1) is 18.8 Å². The van der Waals surface area contributed by atoms with E-state index in [9.17, 15) is 14.4 Å². The maximum atomic E-state index is 12.2. The Morgan fingerprint density at radius 2 is 1.52 bits per heavy atom. The maximum absolute atomic E-state index is 12.2. The Morgan fingerprint density at radius 1 is 1.00 bits per heavy atom. The van der Waals surface area contributed by atoms with Crippen LogP contribution in [0.2, 0.25) is 0 Å². The highest BCUT2D eigenvalue weighted by Crippen LogP contribution is 2.14. The number of carbonyl (C=O) groups is 3. The van der Waals surface area contributed by atoms with Gasteiger partial charge in [0.2, 0.25) is 0 Å². The zero-order valence-corrected chi connectivity index (χ0v) is 14.9. The number of hydrogen-bond acceptors (Lipinski definition) is 5. The molecular weight excluding hydrogens is 324 g/mol. The Morgan fingerprint density at radius 3 is 1.96 bits per heavy atom. The molecule has 1 N–H and O–H groups in total. The topological polar surface area (TPSA) is 89.9 Å². The summed E-state index contributed by atoms with van der Waals surface area (Å²) in [5.74, 6) is -2.44. The van der Waals surface area contributed by atoms with Gasteiger partial charge in [0, 0.05) is 0 Å². The van der Waals surface area contributed by atoms with Crippen LogP contribution in [0.5, 0.6) is 0 Å². The molecule has 6 heteroatoms. The van der Waals surface area contributed by atoms with Gasteiger partial charge in [-0.25, -0.2) is 14.4 Å². The van der Waals surface area contributed by atoms with Crippen LogP contribution in [0.15, 0.2) is 29.8 Å². The maximum Gasteiger partial charge on any atom is 0.345 e. The molecule has 25 heavy (non-hydrogen) atoms. The van der Waals surface area contributed by atoms with Crippen LogP contribution in [-0.2, 0) is 19.1 Å². The molecule has 1 aromatic rings. The lowest BCUT2D eigenvalue weighted by Crippen LogP contribution is -2.21. The molecule has 0 amide bonds. The molecule has 0 atom stereocenters. The predicted octanol–water partition coefficient (Wildman–Crippen LogP) is 3.17. The minimum atomic E-state index is -1.10. The number of ether oxygens (including phenoxy) is 2. The van der Waals surface area contributed by atoms with Crippen molar-refractivity contribution in [2.45, 2.75) is 27.7 Å². The molecule has 0 aliphatic heterocycles. The molecule has 0 unspecified atom stereocenters. The third-order valence-electron chi connectivity index (χ3n) is 2.98. The molecule has 0 aliphatic carbocycles. The Kier molecular flexibility index (Phi) is 7.85. The molecule has 6 nitrogen and oxygen atoms in total. The van der Waals surface area contributed by atoms with Gasteiger partial charge in [-0.1, -0.05) is 39.8 Å². The third-order valence-corrected chi connectivity index (χ3v) is 2.98. The van der Waals surface area contributed by atoms with Crippen molar-refractivity contribution in [3.05, 3.63) is 41.0 Å².